The summed E-state index contributed by atoms with van der Waals surface area (Å²) in [5.41, 5.74) is 1.97. The van der Waals surface area contributed by atoms with E-state index < -0.39 is 17.8 Å². The lowest BCUT2D eigenvalue weighted by Gasteiger charge is -2.22. The van der Waals surface area contributed by atoms with Gasteiger partial charge in [-0.2, -0.15) is 0 Å². The smallest absolute Gasteiger partial charge is 0.251 e. The maximum atomic E-state index is 13.0. The van der Waals surface area contributed by atoms with Gasteiger partial charge in [0.2, 0.25) is 5.91 Å². The molecule has 24 heavy (non-hydrogen) atoms. The molecule has 0 spiro atoms. The van der Waals surface area contributed by atoms with Crippen LogP contribution in [0.25, 0.3) is 0 Å². The topological polar surface area (TPSA) is 58.2 Å². The zero-order valence-corrected chi connectivity index (χ0v) is 14.0. The molecule has 1 unspecified atom stereocenters. The predicted molar refractivity (Wildman–Crippen MR) is 92.3 cm³/mol. The third kappa shape index (κ3) is 4.41. The monoisotopic (exact) mass is 328 g/mol. The highest BCUT2D eigenvalue weighted by Crippen LogP contribution is 2.15. The molecule has 0 aliphatic rings. The van der Waals surface area contributed by atoms with E-state index in [0.29, 0.717) is 11.3 Å². The number of rotatable bonds is 5. The number of carbonyl (C=O) groups excluding carboxylic acids is 2. The van der Waals surface area contributed by atoms with Crippen LogP contribution >= 0.6 is 0 Å². The number of amides is 2. The van der Waals surface area contributed by atoms with Crippen molar-refractivity contribution in [3.05, 3.63) is 65.5 Å². The van der Waals surface area contributed by atoms with Gasteiger partial charge in [-0.25, -0.2) is 4.39 Å². The Morgan fingerprint density at radius 2 is 1.62 bits per heavy atom. The summed E-state index contributed by atoms with van der Waals surface area (Å²) in [6, 6.07) is 12.0. The number of benzene rings is 2. The first kappa shape index (κ1) is 17.7. The average Bonchev–Trinajstić information content (AvgIpc) is 2.54. The minimum absolute atomic E-state index is 0.0987. The number of halogens is 1. The van der Waals surface area contributed by atoms with Crippen molar-refractivity contribution < 1.29 is 14.0 Å². The number of carbonyl (C=O) groups is 2. The molecule has 0 aliphatic carbocycles. The van der Waals surface area contributed by atoms with Crippen molar-refractivity contribution in [1.82, 2.24) is 5.32 Å². The van der Waals surface area contributed by atoms with E-state index in [-0.39, 0.29) is 11.8 Å². The van der Waals surface area contributed by atoms with Crippen LogP contribution in [0.15, 0.2) is 48.5 Å². The van der Waals surface area contributed by atoms with E-state index in [1.54, 1.807) is 0 Å². The summed E-state index contributed by atoms with van der Waals surface area (Å²) in [6.07, 6.45) is 0. The molecule has 2 aromatic carbocycles. The van der Waals surface area contributed by atoms with Crippen LogP contribution in [0.1, 0.15) is 29.8 Å². The van der Waals surface area contributed by atoms with Crippen LogP contribution < -0.4 is 10.6 Å². The van der Waals surface area contributed by atoms with Gasteiger partial charge in [-0.15, -0.1) is 0 Å². The van der Waals surface area contributed by atoms with Gasteiger partial charge in [-0.3, -0.25) is 9.59 Å². The Balaban J connectivity index is 2.11. The molecule has 5 heteroatoms. The van der Waals surface area contributed by atoms with Crippen molar-refractivity contribution in [2.24, 2.45) is 5.92 Å². The summed E-state index contributed by atoms with van der Waals surface area (Å²) in [5.74, 6) is -1.20. The highest BCUT2D eigenvalue weighted by Gasteiger charge is 2.25. The number of hydrogen-bond acceptors (Lipinski definition) is 2. The van der Waals surface area contributed by atoms with Gasteiger partial charge in [0.25, 0.3) is 5.91 Å². The summed E-state index contributed by atoms with van der Waals surface area (Å²) in [5, 5.41) is 5.56. The van der Waals surface area contributed by atoms with Gasteiger partial charge >= 0.3 is 0 Å². The first-order chi connectivity index (χ1) is 11.4. The second-order valence-electron chi connectivity index (χ2n) is 6.01. The van der Waals surface area contributed by atoms with Crippen LogP contribution in [0.2, 0.25) is 0 Å². The number of para-hydroxylation sites is 1. The molecular formula is C19H21FN2O2. The molecule has 2 amide bonds. The Bertz CT molecular complexity index is 726. The van der Waals surface area contributed by atoms with Gasteiger partial charge in [-0.05, 0) is 48.7 Å². The molecule has 2 N–H and O–H groups in total. The zero-order chi connectivity index (χ0) is 17.7. The zero-order valence-electron chi connectivity index (χ0n) is 14.0. The molecule has 1 atom stereocenters. The molecule has 2 aromatic rings. The van der Waals surface area contributed by atoms with Crippen molar-refractivity contribution in [3.63, 3.8) is 0 Å². The maximum absolute atomic E-state index is 13.0. The lowest BCUT2D eigenvalue weighted by atomic mass is 10.0. The fourth-order valence-electron chi connectivity index (χ4n) is 2.28. The Hall–Kier alpha value is -2.69. The van der Waals surface area contributed by atoms with Crippen molar-refractivity contribution in [1.29, 1.82) is 0 Å². The number of aryl methyl sites for hydroxylation is 1. The van der Waals surface area contributed by atoms with Gasteiger partial charge in [0.15, 0.2) is 0 Å². The predicted octanol–water partition coefficient (Wildman–Crippen LogP) is 3.53. The van der Waals surface area contributed by atoms with E-state index in [4.69, 9.17) is 0 Å². The third-order valence-electron chi connectivity index (χ3n) is 3.75. The number of nitrogens with one attached hydrogen (secondary N) is 2. The lowest BCUT2D eigenvalue weighted by Crippen LogP contribution is -2.47. The Kier molecular flexibility index (Phi) is 5.68. The highest BCUT2D eigenvalue weighted by atomic mass is 19.1. The fourth-order valence-corrected chi connectivity index (χ4v) is 2.28. The molecule has 2 rings (SSSR count). The normalized spacial score (nSPS) is 11.9. The van der Waals surface area contributed by atoms with Crippen LogP contribution in [0.3, 0.4) is 0 Å². The first-order valence-corrected chi connectivity index (χ1v) is 7.81. The summed E-state index contributed by atoms with van der Waals surface area (Å²) >= 11 is 0. The molecular weight excluding hydrogens is 307 g/mol. The van der Waals surface area contributed by atoms with Crippen LogP contribution in [-0.2, 0) is 4.79 Å². The summed E-state index contributed by atoms with van der Waals surface area (Å²) in [4.78, 5) is 24.8. The average molecular weight is 328 g/mol. The summed E-state index contributed by atoms with van der Waals surface area (Å²) in [7, 11) is 0. The molecule has 0 bridgehead atoms. The van der Waals surface area contributed by atoms with E-state index >= 15 is 0 Å². The summed E-state index contributed by atoms with van der Waals surface area (Å²) < 4.78 is 13.0. The second-order valence-corrected chi connectivity index (χ2v) is 6.01. The minimum atomic E-state index is -0.692. The third-order valence-corrected chi connectivity index (χ3v) is 3.75. The van der Waals surface area contributed by atoms with Crippen LogP contribution in [0, 0.1) is 18.7 Å². The Morgan fingerprint density at radius 3 is 2.21 bits per heavy atom. The largest absolute Gasteiger partial charge is 0.340 e. The first-order valence-electron chi connectivity index (χ1n) is 7.81. The molecule has 0 aromatic heterocycles. The van der Waals surface area contributed by atoms with Gasteiger partial charge in [0.1, 0.15) is 11.9 Å². The molecule has 0 heterocycles. The summed E-state index contributed by atoms with van der Waals surface area (Å²) in [6.45, 7) is 5.61. The van der Waals surface area contributed by atoms with Crippen LogP contribution in [-0.4, -0.2) is 17.9 Å². The van der Waals surface area contributed by atoms with Crippen molar-refractivity contribution >= 4 is 17.5 Å². The molecule has 0 radical (unpaired) electrons. The van der Waals surface area contributed by atoms with Gasteiger partial charge in [0.05, 0.1) is 0 Å². The van der Waals surface area contributed by atoms with Crippen LogP contribution in [0.5, 0.6) is 0 Å². The van der Waals surface area contributed by atoms with E-state index in [0.717, 1.165) is 5.56 Å². The second kappa shape index (κ2) is 7.73. The van der Waals surface area contributed by atoms with Gasteiger partial charge in [-0.1, -0.05) is 32.0 Å². The fraction of sp³-hybridized carbons (Fsp3) is 0.263. The van der Waals surface area contributed by atoms with E-state index in [9.17, 15) is 14.0 Å². The van der Waals surface area contributed by atoms with Crippen LogP contribution in [0.4, 0.5) is 10.1 Å². The number of anilines is 1. The molecule has 0 aliphatic heterocycles. The molecule has 0 saturated heterocycles. The van der Waals surface area contributed by atoms with Gasteiger partial charge in [0, 0.05) is 11.3 Å². The Morgan fingerprint density at radius 1 is 1.00 bits per heavy atom. The quantitative estimate of drug-likeness (QED) is 0.882. The molecule has 0 saturated carbocycles. The van der Waals surface area contributed by atoms with Gasteiger partial charge < -0.3 is 10.6 Å². The maximum Gasteiger partial charge on any atom is 0.251 e. The van der Waals surface area contributed by atoms with E-state index in [2.05, 4.69) is 10.6 Å². The lowest BCUT2D eigenvalue weighted by molar-refractivity contribution is -0.118. The molecule has 4 nitrogen and oxygen atoms in total. The Labute approximate surface area is 141 Å². The van der Waals surface area contributed by atoms with Crippen molar-refractivity contribution in [2.45, 2.75) is 26.8 Å². The molecule has 0 fully saturated rings. The number of hydrogen-bond donors (Lipinski definition) is 2. The van der Waals surface area contributed by atoms with E-state index in [1.165, 1.54) is 24.3 Å². The van der Waals surface area contributed by atoms with Crippen molar-refractivity contribution in [2.75, 3.05) is 5.32 Å². The minimum Gasteiger partial charge on any atom is -0.340 e. The highest BCUT2D eigenvalue weighted by molar-refractivity contribution is 6.01. The van der Waals surface area contributed by atoms with Crippen molar-refractivity contribution in [3.8, 4) is 0 Å². The van der Waals surface area contributed by atoms with E-state index in [1.807, 2.05) is 45.0 Å². The SMILES string of the molecule is Cc1ccccc1NC(=O)C(NC(=O)c1ccc(F)cc1)C(C)C. The molecule has 126 valence electrons. The standard InChI is InChI=1S/C19H21FN2O2/c1-12(2)17(19(24)21-16-7-5-4-6-13(16)3)22-18(23)14-8-10-15(20)11-9-14/h4-12,17H,1-3H3,(H,21,24)(H,22,23).